The summed E-state index contributed by atoms with van der Waals surface area (Å²) in [6, 6.07) is 11.9. The van der Waals surface area contributed by atoms with Crippen LogP contribution in [0.5, 0.6) is 0 Å². The molecule has 0 aliphatic rings. The molecule has 0 fully saturated rings. The number of hydrogen-bond acceptors (Lipinski definition) is 5. The van der Waals surface area contributed by atoms with Crippen molar-refractivity contribution >= 4 is 28.5 Å². The molecule has 0 saturated carbocycles. The first kappa shape index (κ1) is 19.1. The Morgan fingerprint density at radius 1 is 1.11 bits per heavy atom. The lowest BCUT2D eigenvalue weighted by Gasteiger charge is -2.18. The van der Waals surface area contributed by atoms with E-state index in [-0.39, 0.29) is 17.7 Å². The van der Waals surface area contributed by atoms with Gasteiger partial charge in [0.25, 0.3) is 5.56 Å². The summed E-state index contributed by atoms with van der Waals surface area (Å²) in [5, 5.41) is 2.93. The van der Waals surface area contributed by atoms with Gasteiger partial charge in [-0.1, -0.05) is 31.2 Å². The number of benzene rings is 2. The molecular weight excluding hydrogens is 362 g/mol. The Balaban J connectivity index is 2.03. The van der Waals surface area contributed by atoms with E-state index in [9.17, 15) is 19.2 Å². The van der Waals surface area contributed by atoms with Crippen molar-refractivity contribution in [2.24, 2.45) is 0 Å². The Labute approximate surface area is 159 Å². The van der Waals surface area contributed by atoms with E-state index in [4.69, 9.17) is 4.74 Å². The smallest absolute Gasteiger partial charge is 0.339 e. The van der Waals surface area contributed by atoms with Gasteiger partial charge >= 0.3 is 11.7 Å². The topological polar surface area (TPSA) is 110 Å². The van der Waals surface area contributed by atoms with Crippen molar-refractivity contribution in [2.45, 2.75) is 19.4 Å². The molecule has 144 valence electrons. The number of amides is 1. The van der Waals surface area contributed by atoms with Crippen LogP contribution in [0.4, 0.5) is 5.69 Å². The van der Waals surface area contributed by atoms with Crippen LogP contribution in [0.3, 0.4) is 0 Å². The maximum atomic E-state index is 12.9. The van der Waals surface area contributed by atoms with Gasteiger partial charge < -0.3 is 15.0 Å². The van der Waals surface area contributed by atoms with E-state index >= 15 is 0 Å². The highest BCUT2D eigenvalue weighted by Gasteiger charge is 2.24. The fourth-order valence-electron chi connectivity index (χ4n) is 3.04. The van der Waals surface area contributed by atoms with E-state index in [0.29, 0.717) is 10.9 Å². The van der Waals surface area contributed by atoms with Gasteiger partial charge in [-0.3, -0.25) is 9.59 Å². The second-order valence-corrected chi connectivity index (χ2v) is 6.10. The standard InChI is InChI=1S/C20H19N3O5/c1-3-16(17(24)21-15-11-7-5-9-13(15)19(26)28-2)23-18(25)12-8-4-6-10-14(12)22-20(23)27/h4-11,16H,3H2,1-2H3,(H,21,24)(H,22,27). The molecule has 0 aliphatic carbocycles. The van der Waals surface area contributed by atoms with Gasteiger partial charge in [-0.15, -0.1) is 0 Å². The van der Waals surface area contributed by atoms with Gasteiger partial charge in [0.2, 0.25) is 5.91 Å². The van der Waals surface area contributed by atoms with Crippen LogP contribution < -0.4 is 16.6 Å². The number of carbonyl (C=O) groups is 2. The van der Waals surface area contributed by atoms with Crippen LogP contribution in [0, 0.1) is 0 Å². The van der Waals surface area contributed by atoms with Crippen LogP contribution in [-0.4, -0.2) is 28.5 Å². The fourth-order valence-corrected chi connectivity index (χ4v) is 3.04. The molecule has 1 heterocycles. The molecule has 8 heteroatoms. The van der Waals surface area contributed by atoms with E-state index in [0.717, 1.165) is 4.57 Å². The normalized spacial score (nSPS) is 11.8. The second-order valence-electron chi connectivity index (χ2n) is 6.10. The van der Waals surface area contributed by atoms with E-state index in [1.165, 1.54) is 13.2 Å². The third-order valence-electron chi connectivity index (χ3n) is 4.43. The van der Waals surface area contributed by atoms with Crippen molar-refractivity contribution in [1.82, 2.24) is 9.55 Å². The van der Waals surface area contributed by atoms with Gasteiger partial charge in [-0.2, -0.15) is 0 Å². The molecule has 1 amide bonds. The number of esters is 1. The van der Waals surface area contributed by atoms with Crippen LogP contribution in [-0.2, 0) is 9.53 Å². The molecule has 0 saturated heterocycles. The van der Waals surface area contributed by atoms with E-state index in [1.54, 1.807) is 49.4 Å². The van der Waals surface area contributed by atoms with E-state index in [2.05, 4.69) is 10.3 Å². The SMILES string of the molecule is CCC(C(=O)Nc1ccccc1C(=O)OC)n1c(=O)[nH]c2ccccc2c1=O. The molecule has 0 aliphatic heterocycles. The molecule has 1 atom stereocenters. The monoisotopic (exact) mass is 381 g/mol. The van der Waals surface area contributed by atoms with Crippen LogP contribution >= 0.6 is 0 Å². The lowest BCUT2D eigenvalue weighted by molar-refractivity contribution is -0.119. The number of aromatic amines is 1. The molecule has 0 bridgehead atoms. The highest BCUT2D eigenvalue weighted by Crippen LogP contribution is 2.19. The van der Waals surface area contributed by atoms with Gasteiger partial charge in [-0.05, 0) is 30.7 Å². The number of methoxy groups -OCH3 is 1. The first-order chi connectivity index (χ1) is 13.5. The minimum Gasteiger partial charge on any atom is -0.465 e. The molecular formula is C20H19N3O5. The maximum absolute atomic E-state index is 12.9. The summed E-state index contributed by atoms with van der Waals surface area (Å²) >= 11 is 0. The van der Waals surface area contributed by atoms with Crippen molar-refractivity contribution in [3.8, 4) is 0 Å². The van der Waals surface area contributed by atoms with Crippen LogP contribution in [0.2, 0.25) is 0 Å². The molecule has 3 aromatic rings. The number of anilines is 1. The average Bonchev–Trinajstić information content (AvgIpc) is 2.70. The van der Waals surface area contributed by atoms with Crippen LogP contribution in [0.15, 0.2) is 58.1 Å². The Hall–Kier alpha value is -3.68. The number of fused-ring (bicyclic) bond motifs is 1. The molecule has 0 radical (unpaired) electrons. The van der Waals surface area contributed by atoms with E-state index < -0.39 is 29.2 Å². The molecule has 2 N–H and O–H groups in total. The number of aromatic nitrogens is 2. The molecule has 1 aromatic heterocycles. The first-order valence-corrected chi connectivity index (χ1v) is 8.69. The highest BCUT2D eigenvalue weighted by atomic mass is 16.5. The second kappa shape index (κ2) is 7.91. The van der Waals surface area contributed by atoms with E-state index in [1.807, 2.05) is 0 Å². The average molecular weight is 381 g/mol. The van der Waals surface area contributed by atoms with Gasteiger partial charge in [0.1, 0.15) is 6.04 Å². The van der Waals surface area contributed by atoms with Crippen molar-refractivity contribution < 1.29 is 14.3 Å². The summed E-state index contributed by atoms with van der Waals surface area (Å²) in [4.78, 5) is 52.7. The number of carbonyl (C=O) groups excluding carboxylic acids is 2. The van der Waals surface area contributed by atoms with Crippen molar-refractivity contribution in [1.29, 1.82) is 0 Å². The molecule has 28 heavy (non-hydrogen) atoms. The van der Waals surface area contributed by atoms with Gasteiger partial charge in [0.15, 0.2) is 0 Å². The number of hydrogen-bond donors (Lipinski definition) is 2. The zero-order valence-corrected chi connectivity index (χ0v) is 15.4. The van der Waals surface area contributed by atoms with Crippen molar-refractivity contribution in [2.75, 3.05) is 12.4 Å². The first-order valence-electron chi connectivity index (χ1n) is 8.69. The summed E-state index contributed by atoms with van der Waals surface area (Å²) in [5.74, 6) is -1.19. The zero-order chi connectivity index (χ0) is 20.3. The summed E-state index contributed by atoms with van der Waals surface area (Å²) in [6.45, 7) is 1.69. The number of para-hydroxylation sites is 2. The molecule has 0 spiro atoms. The molecule has 3 rings (SSSR count). The Morgan fingerprint density at radius 3 is 2.50 bits per heavy atom. The predicted octanol–water partition coefficient (Wildman–Crippen LogP) is 2.07. The number of H-pyrrole nitrogens is 1. The highest BCUT2D eigenvalue weighted by molar-refractivity contribution is 6.02. The van der Waals surface area contributed by atoms with Gasteiger partial charge in [0.05, 0.1) is 29.3 Å². The summed E-state index contributed by atoms with van der Waals surface area (Å²) in [5.41, 5.74) is -0.411. The lowest BCUT2D eigenvalue weighted by Crippen LogP contribution is -2.42. The number of nitrogens with zero attached hydrogens (tertiary/aromatic N) is 1. The van der Waals surface area contributed by atoms with Gasteiger partial charge in [-0.25, -0.2) is 14.2 Å². The Morgan fingerprint density at radius 2 is 1.79 bits per heavy atom. The molecule has 2 aromatic carbocycles. The van der Waals surface area contributed by atoms with Crippen LogP contribution in [0.25, 0.3) is 10.9 Å². The largest absolute Gasteiger partial charge is 0.465 e. The predicted molar refractivity (Wildman–Crippen MR) is 105 cm³/mol. The number of nitrogens with one attached hydrogen (secondary N) is 2. The van der Waals surface area contributed by atoms with Crippen molar-refractivity contribution in [3.63, 3.8) is 0 Å². The maximum Gasteiger partial charge on any atom is 0.339 e. The summed E-state index contributed by atoms with van der Waals surface area (Å²) in [6.07, 6.45) is 0.202. The Bertz CT molecular complexity index is 1160. The quantitative estimate of drug-likeness (QED) is 0.658. The third-order valence-corrected chi connectivity index (χ3v) is 4.43. The van der Waals surface area contributed by atoms with Crippen molar-refractivity contribution in [3.05, 3.63) is 74.9 Å². The summed E-state index contributed by atoms with van der Waals surface area (Å²) < 4.78 is 5.62. The zero-order valence-electron chi connectivity index (χ0n) is 15.4. The molecule has 1 unspecified atom stereocenters. The fraction of sp³-hybridized carbons (Fsp3) is 0.200. The lowest BCUT2D eigenvalue weighted by atomic mass is 10.1. The minimum absolute atomic E-state index is 0.174. The number of ether oxygens (including phenoxy) is 1. The third kappa shape index (κ3) is 3.44. The number of rotatable bonds is 5. The molecule has 8 nitrogen and oxygen atoms in total. The van der Waals surface area contributed by atoms with Crippen LogP contribution in [0.1, 0.15) is 29.7 Å². The van der Waals surface area contributed by atoms with Gasteiger partial charge in [0, 0.05) is 0 Å². The summed E-state index contributed by atoms with van der Waals surface area (Å²) in [7, 11) is 1.24. The Kier molecular flexibility index (Phi) is 5.39. The minimum atomic E-state index is -1.05.